The number of benzene rings is 6. The number of fused-ring (bicyclic) bond motifs is 4. The van der Waals surface area contributed by atoms with Crippen LogP contribution in [0.2, 0.25) is 10.0 Å². The molecule has 8 rings (SSSR count). The molecule has 0 atom stereocenters. The highest BCUT2D eigenvalue weighted by Crippen LogP contribution is 2.47. The number of carbonyl (C=O) groups is 3. The maximum absolute atomic E-state index is 14.1. The largest absolute Gasteiger partial charge is 0.508 e. The van der Waals surface area contributed by atoms with E-state index in [1.165, 1.54) is 36.4 Å². The maximum Gasteiger partial charge on any atom is 0.337 e. The summed E-state index contributed by atoms with van der Waals surface area (Å²) in [7, 11) is 5.52. The molecule has 0 unspecified atom stereocenters. The summed E-state index contributed by atoms with van der Waals surface area (Å²) >= 11 is 13.9. The zero-order chi connectivity index (χ0) is 41.9. The summed E-state index contributed by atoms with van der Waals surface area (Å²) in [6, 6.07) is 25.2. The Labute approximate surface area is 344 Å². The van der Waals surface area contributed by atoms with Crippen molar-refractivity contribution in [2.45, 2.75) is 6.54 Å². The van der Waals surface area contributed by atoms with Gasteiger partial charge in [0.25, 0.3) is 5.91 Å². The van der Waals surface area contributed by atoms with Gasteiger partial charge in [0.1, 0.15) is 42.5 Å². The van der Waals surface area contributed by atoms with E-state index in [2.05, 4.69) is 10.6 Å². The average molecular weight is 830 g/mol. The number of carbonyl (C=O) groups excluding carboxylic acids is 1. The first-order valence-corrected chi connectivity index (χ1v) is 18.8. The maximum atomic E-state index is 14.1. The zero-order valence-electron chi connectivity index (χ0n) is 31.4. The fraction of sp³-hybridized carbons (Fsp3) is 0.0889. The fourth-order valence-corrected chi connectivity index (χ4v) is 7.95. The molecule has 294 valence electrons. The van der Waals surface area contributed by atoms with E-state index in [1.54, 1.807) is 55.6 Å². The first-order chi connectivity index (χ1) is 28.2. The molecule has 0 fully saturated rings. The summed E-state index contributed by atoms with van der Waals surface area (Å²) in [5.41, 5.74) is 3.16. The summed E-state index contributed by atoms with van der Waals surface area (Å²) in [5, 5.41) is 38.4. The van der Waals surface area contributed by atoms with Gasteiger partial charge in [0.05, 0.1) is 32.8 Å². The zero-order valence-corrected chi connectivity index (χ0v) is 33.0. The summed E-state index contributed by atoms with van der Waals surface area (Å²) < 4.78 is 14.2. The first kappa shape index (κ1) is 38.7. The molecule has 0 bridgehead atoms. The van der Waals surface area contributed by atoms with Crippen molar-refractivity contribution in [3.8, 4) is 50.7 Å². The van der Waals surface area contributed by atoms with Gasteiger partial charge in [-0.25, -0.2) is 14.2 Å². The summed E-state index contributed by atoms with van der Waals surface area (Å²) in [4.78, 5) is 52.0. The number of anilines is 1. The first-order valence-electron chi connectivity index (χ1n) is 18.0. The molecule has 0 aromatic heterocycles. The van der Waals surface area contributed by atoms with Crippen LogP contribution in [0, 0.1) is 0 Å². The van der Waals surface area contributed by atoms with Crippen LogP contribution in [0.3, 0.4) is 0 Å². The van der Waals surface area contributed by atoms with Crippen LogP contribution in [-0.2, 0) is 6.54 Å². The molecule has 59 heavy (non-hydrogen) atoms. The second kappa shape index (κ2) is 15.0. The predicted octanol–water partition coefficient (Wildman–Crippen LogP) is 8.50. The number of halogens is 2. The van der Waals surface area contributed by atoms with Crippen LogP contribution < -0.4 is 26.0 Å². The van der Waals surface area contributed by atoms with Gasteiger partial charge in [-0.3, -0.25) is 9.59 Å². The number of nitrogens with zero attached hydrogens (tertiary/aromatic N) is 1. The van der Waals surface area contributed by atoms with Gasteiger partial charge in [-0.15, -0.1) is 0 Å². The molecule has 0 saturated heterocycles. The molecular formula is C45H32Cl2N3O9+. The molecule has 2 heterocycles. The number of nitrogens with one attached hydrogen (secondary N) is 2. The highest BCUT2D eigenvalue weighted by Gasteiger charge is 2.30. The van der Waals surface area contributed by atoms with Gasteiger partial charge in [0, 0.05) is 82.1 Å². The van der Waals surface area contributed by atoms with Crippen LogP contribution in [0.4, 0.5) is 5.69 Å². The Hall–Kier alpha value is -7.15. The smallest absolute Gasteiger partial charge is 0.337 e. The number of carboxylic acid groups (broad SMARTS) is 2. The van der Waals surface area contributed by atoms with Crippen LogP contribution in [0.15, 0.2) is 111 Å². The molecule has 0 saturated carbocycles. The van der Waals surface area contributed by atoms with Gasteiger partial charge in [-0.2, -0.15) is 0 Å². The van der Waals surface area contributed by atoms with Crippen molar-refractivity contribution in [2.24, 2.45) is 0 Å². The second-order valence-electron chi connectivity index (χ2n) is 14.0. The van der Waals surface area contributed by atoms with Crippen molar-refractivity contribution in [3.05, 3.63) is 145 Å². The highest BCUT2D eigenvalue weighted by molar-refractivity contribution is 6.41. The van der Waals surface area contributed by atoms with Gasteiger partial charge in [-0.05, 0) is 71.8 Å². The number of rotatable bonds is 8. The highest BCUT2D eigenvalue weighted by atomic mass is 35.5. The number of phenolic OH excluding ortho intramolecular Hbond substituents is 1. The topological polar surface area (TPSA) is 182 Å². The summed E-state index contributed by atoms with van der Waals surface area (Å²) in [6.07, 6.45) is 0. The monoisotopic (exact) mass is 828 g/mol. The molecular weight excluding hydrogens is 797 g/mol. The Balaban J connectivity index is 1.25. The van der Waals surface area contributed by atoms with Crippen molar-refractivity contribution < 1.29 is 38.5 Å². The van der Waals surface area contributed by atoms with E-state index in [4.69, 9.17) is 32.0 Å². The van der Waals surface area contributed by atoms with Crippen LogP contribution in [-0.4, -0.2) is 54.3 Å². The SMILES string of the molecule is CNc1ccc2c(-c3c(Cl)c(C(=O)NCc4ccc(C(=O)O)c(-c5c6ccc(=O)cc-6oc6cc(O)ccc56)c4)cc(Cl)c3C(=O)O)c3ccc(=[N+](C)C)cc-3oc2c1. The Morgan fingerprint density at radius 3 is 2.08 bits per heavy atom. The summed E-state index contributed by atoms with van der Waals surface area (Å²) in [6.45, 7) is -0.121. The second-order valence-corrected chi connectivity index (χ2v) is 14.8. The Bertz CT molecular complexity index is 3170. The molecule has 14 heteroatoms. The van der Waals surface area contributed by atoms with E-state index in [0.29, 0.717) is 49.9 Å². The molecule has 4 aliphatic rings. The lowest BCUT2D eigenvalue weighted by molar-refractivity contribution is 0.0687. The van der Waals surface area contributed by atoms with Crippen molar-refractivity contribution in [3.63, 3.8) is 0 Å². The van der Waals surface area contributed by atoms with E-state index in [-0.39, 0.29) is 66.9 Å². The lowest BCUT2D eigenvalue weighted by Crippen LogP contribution is -2.24. The van der Waals surface area contributed by atoms with E-state index in [9.17, 15) is 34.5 Å². The van der Waals surface area contributed by atoms with Gasteiger partial charge in [0.15, 0.2) is 5.43 Å². The molecule has 2 aliphatic carbocycles. The van der Waals surface area contributed by atoms with E-state index < -0.39 is 17.8 Å². The van der Waals surface area contributed by atoms with Crippen LogP contribution in [0.5, 0.6) is 5.75 Å². The molecule has 0 radical (unpaired) electrons. The standard InChI is InChI=1S/C45H31Cl2N3O9/c1-48-22-5-10-29-34(15-22)58-35-16-23(50(2)3)6-11-30(35)39(29)41-40(45(56)57)33(46)19-32(42(41)47)43(53)49-20-21-4-9-26(44(54)55)31(14-21)38-27-12-7-24(51)17-36(27)59-37-18-25(52)8-13-28(37)38/h4-19H,20H2,1-3H3,(H4,49,51,52,53,54,55,56,57)/p+1. The number of phenols is 1. The lowest BCUT2D eigenvalue weighted by Gasteiger charge is -2.20. The number of hydrogen-bond acceptors (Lipinski definition) is 8. The number of hydrogen-bond donors (Lipinski definition) is 5. The number of carboxylic acids is 2. The van der Waals surface area contributed by atoms with Gasteiger partial charge < -0.3 is 34.8 Å². The third-order valence-electron chi connectivity index (χ3n) is 10.1. The fourth-order valence-electron chi connectivity index (χ4n) is 7.34. The third-order valence-corrected chi connectivity index (χ3v) is 10.8. The Morgan fingerprint density at radius 1 is 0.695 bits per heavy atom. The normalized spacial score (nSPS) is 11.3. The van der Waals surface area contributed by atoms with Crippen molar-refractivity contribution >= 4 is 68.7 Å². The quantitative estimate of drug-likeness (QED) is 0.0736. The van der Waals surface area contributed by atoms with Crippen LogP contribution in [0.1, 0.15) is 36.6 Å². The van der Waals surface area contributed by atoms with Crippen molar-refractivity contribution in [1.29, 1.82) is 0 Å². The van der Waals surface area contributed by atoms with Gasteiger partial charge in [0.2, 0.25) is 5.36 Å². The molecule has 2 aliphatic heterocycles. The summed E-state index contributed by atoms with van der Waals surface area (Å²) in [5.74, 6) is -2.75. The van der Waals surface area contributed by atoms with Crippen molar-refractivity contribution in [2.75, 3.05) is 26.5 Å². The molecule has 5 N–H and O–H groups in total. The molecule has 0 spiro atoms. The Kier molecular flexibility index (Phi) is 9.83. The number of aromatic hydroxyl groups is 1. The molecule has 4 aromatic carbocycles. The predicted molar refractivity (Wildman–Crippen MR) is 226 cm³/mol. The lowest BCUT2D eigenvalue weighted by atomic mass is 9.89. The van der Waals surface area contributed by atoms with E-state index in [0.717, 1.165) is 11.0 Å². The minimum atomic E-state index is -1.36. The molecule has 4 aromatic rings. The van der Waals surface area contributed by atoms with E-state index in [1.807, 2.05) is 30.8 Å². The molecule has 1 amide bonds. The number of aromatic carboxylic acids is 2. The van der Waals surface area contributed by atoms with Gasteiger partial charge >= 0.3 is 11.9 Å². The minimum absolute atomic E-state index is 0.0195. The van der Waals surface area contributed by atoms with E-state index >= 15 is 0 Å². The third kappa shape index (κ3) is 6.88. The number of amides is 1. The van der Waals surface area contributed by atoms with Crippen molar-refractivity contribution in [1.82, 2.24) is 9.89 Å². The van der Waals surface area contributed by atoms with Crippen LogP contribution in [0.25, 0.3) is 66.8 Å². The Morgan fingerprint density at radius 2 is 1.37 bits per heavy atom. The minimum Gasteiger partial charge on any atom is -0.508 e. The molecule has 12 nitrogen and oxygen atoms in total. The van der Waals surface area contributed by atoms with Crippen LogP contribution >= 0.6 is 23.2 Å². The average Bonchev–Trinajstić information content (AvgIpc) is 3.20. The van der Waals surface area contributed by atoms with Gasteiger partial charge in [-0.1, -0.05) is 29.3 Å².